The molecule has 2 aromatic carbocycles. The largest absolute Gasteiger partial charge is 0.484 e. The predicted octanol–water partition coefficient (Wildman–Crippen LogP) is 3.69. The number of para-hydroxylation sites is 1. The van der Waals surface area contributed by atoms with Crippen LogP contribution >= 0.6 is 0 Å². The summed E-state index contributed by atoms with van der Waals surface area (Å²) >= 11 is 0. The van der Waals surface area contributed by atoms with E-state index >= 15 is 0 Å². The third-order valence-corrected chi connectivity index (χ3v) is 5.16. The molecule has 0 atom stereocenters. The van der Waals surface area contributed by atoms with Crippen molar-refractivity contribution < 1.29 is 13.9 Å². The Balaban J connectivity index is 1.30. The number of furan rings is 1. The van der Waals surface area contributed by atoms with E-state index in [4.69, 9.17) is 14.4 Å². The van der Waals surface area contributed by atoms with Gasteiger partial charge in [-0.25, -0.2) is 0 Å². The number of nitriles is 1. The van der Waals surface area contributed by atoms with Gasteiger partial charge < -0.3 is 14.1 Å². The van der Waals surface area contributed by atoms with Crippen LogP contribution in [-0.2, 0) is 13.2 Å². The lowest BCUT2D eigenvalue weighted by Gasteiger charge is -2.34. The fraction of sp³-hybridized carbons (Fsp3) is 0.250. The van der Waals surface area contributed by atoms with E-state index in [0.29, 0.717) is 35.9 Å². The zero-order chi connectivity index (χ0) is 20.8. The Labute approximate surface area is 175 Å². The molecule has 2 heterocycles. The molecule has 0 saturated carbocycles. The number of rotatable bonds is 6. The number of carbonyl (C=O) groups excluding carboxylic acids is 1. The predicted molar refractivity (Wildman–Crippen MR) is 112 cm³/mol. The van der Waals surface area contributed by atoms with Crippen LogP contribution in [0.5, 0.6) is 5.75 Å². The summed E-state index contributed by atoms with van der Waals surface area (Å²) in [7, 11) is 0. The van der Waals surface area contributed by atoms with Crippen molar-refractivity contribution in [2.75, 3.05) is 26.2 Å². The molecular weight excluding hydrogens is 378 g/mol. The Morgan fingerprint density at radius 3 is 2.47 bits per heavy atom. The third kappa shape index (κ3) is 4.70. The summed E-state index contributed by atoms with van der Waals surface area (Å²) in [5, 5.41) is 9.13. The van der Waals surface area contributed by atoms with Gasteiger partial charge in [0.15, 0.2) is 5.76 Å². The second-order valence-electron chi connectivity index (χ2n) is 7.22. The van der Waals surface area contributed by atoms with Crippen molar-refractivity contribution in [3.05, 3.63) is 89.4 Å². The van der Waals surface area contributed by atoms with E-state index in [1.54, 1.807) is 30.3 Å². The maximum absolute atomic E-state index is 12.8. The highest BCUT2D eigenvalue weighted by Crippen LogP contribution is 2.20. The van der Waals surface area contributed by atoms with Crippen LogP contribution in [0, 0.1) is 11.3 Å². The van der Waals surface area contributed by atoms with Gasteiger partial charge in [-0.05, 0) is 29.8 Å². The van der Waals surface area contributed by atoms with Crippen LogP contribution in [0.15, 0.2) is 71.1 Å². The maximum Gasteiger partial charge on any atom is 0.289 e. The van der Waals surface area contributed by atoms with Crippen LogP contribution in [0.3, 0.4) is 0 Å². The Hall–Kier alpha value is -3.56. The second kappa shape index (κ2) is 9.29. The molecule has 0 N–H and O–H groups in total. The molecule has 0 bridgehead atoms. The monoisotopic (exact) mass is 401 g/mol. The van der Waals surface area contributed by atoms with Crippen molar-refractivity contribution in [3.63, 3.8) is 0 Å². The Bertz CT molecular complexity index is 1030. The van der Waals surface area contributed by atoms with Crippen LogP contribution in [0.2, 0.25) is 0 Å². The van der Waals surface area contributed by atoms with E-state index in [1.807, 2.05) is 29.2 Å². The number of hydrogen-bond acceptors (Lipinski definition) is 5. The lowest BCUT2D eigenvalue weighted by Crippen LogP contribution is -2.48. The van der Waals surface area contributed by atoms with Crippen LogP contribution in [0.25, 0.3) is 0 Å². The second-order valence-corrected chi connectivity index (χ2v) is 7.22. The summed E-state index contributed by atoms with van der Waals surface area (Å²) in [5.74, 6) is 1.27. The zero-order valence-electron chi connectivity index (χ0n) is 16.7. The summed E-state index contributed by atoms with van der Waals surface area (Å²) in [6.45, 7) is 4.08. The third-order valence-electron chi connectivity index (χ3n) is 5.16. The molecule has 1 aromatic heterocycles. The fourth-order valence-corrected chi connectivity index (χ4v) is 3.51. The van der Waals surface area contributed by atoms with E-state index in [9.17, 15) is 4.79 Å². The minimum absolute atomic E-state index is 0.0990. The smallest absolute Gasteiger partial charge is 0.289 e. The standard InChI is InChI=1S/C24H23N3O3/c25-16-20-8-4-5-9-22(20)29-18-21-10-11-23(30-21)24(28)27-14-12-26(13-15-27)17-19-6-2-1-3-7-19/h1-11H,12-15,17-18H2. The molecule has 1 amide bonds. The number of hydrogen-bond donors (Lipinski definition) is 0. The van der Waals surface area contributed by atoms with Crippen molar-refractivity contribution in [2.45, 2.75) is 13.2 Å². The normalized spacial score (nSPS) is 14.3. The Morgan fingerprint density at radius 2 is 1.70 bits per heavy atom. The highest BCUT2D eigenvalue weighted by atomic mass is 16.5. The van der Waals surface area contributed by atoms with Gasteiger partial charge in [-0.3, -0.25) is 9.69 Å². The van der Waals surface area contributed by atoms with Gasteiger partial charge >= 0.3 is 0 Å². The molecular formula is C24H23N3O3. The molecule has 1 saturated heterocycles. The molecule has 1 aliphatic heterocycles. The highest BCUT2D eigenvalue weighted by Gasteiger charge is 2.24. The van der Waals surface area contributed by atoms with Gasteiger partial charge in [0.2, 0.25) is 0 Å². The van der Waals surface area contributed by atoms with Gasteiger partial charge in [-0.15, -0.1) is 0 Å². The minimum atomic E-state index is -0.0990. The van der Waals surface area contributed by atoms with Crippen molar-refractivity contribution in [1.29, 1.82) is 5.26 Å². The Morgan fingerprint density at radius 1 is 0.967 bits per heavy atom. The molecule has 6 heteroatoms. The van der Waals surface area contributed by atoms with E-state index in [1.165, 1.54) is 5.56 Å². The van der Waals surface area contributed by atoms with E-state index in [2.05, 4.69) is 23.1 Å². The summed E-state index contributed by atoms with van der Waals surface area (Å²) in [6, 6.07) is 22.9. The lowest BCUT2D eigenvalue weighted by molar-refractivity contribution is 0.0594. The molecule has 1 aliphatic rings. The molecule has 1 fully saturated rings. The van der Waals surface area contributed by atoms with Crippen LogP contribution in [-0.4, -0.2) is 41.9 Å². The van der Waals surface area contributed by atoms with E-state index < -0.39 is 0 Å². The first-order valence-electron chi connectivity index (χ1n) is 9.99. The maximum atomic E-state index is 12.8. The van der Waals surface area contributed by atoms with Crippen LogP contribution in [0.4, 0.5) is 0 Å². The molecule has 30 heavy (non-hydrogen) atoms. The van der Waals surface area contributed by atoms with Gasteiger partial charge in [0.1, 0.15) is 24.2 Å². The fourth-order valence-electron chi connectivity index (χ4n) is 3.51. The summed E-state index contributed by atoms with van der Waals surface area (Å²) < 4.78 is 11.4. The van der Waals surface area contributed by atoms with Crippen LogP contribution < -0.4 is 4.74 Å². The molecule has 0 spiro atoms. The first kappa shape index (κ1) is 19.7. The zero-order valence-corrected chi connectivity index (χ0v) is 16.7. The Kier molecular flexibility index (Phi) is 6.11. The molecule has 3 aromatic rings. The van der Waals surface area contributed by atoms with Gasteiger partial charge in [0.05, 0.1) is 5.56 Å². The van der Waals surface area contributed by atoms with Gasteiger partial charge in [0.25, 0.3) is 5.91 Å². The lowest BCUT2D eigenvalue weighted by atomic mass is 10.2. The number of piperazine rings is 1. The van der Waals surface area contributed by atoms with E-state index in [-0.39, 0.29) is 12.5 Å². The molecule has 0 radical (unpaired) electrons. The summed E-state index contributed by atoms with van der Waals surface area (Å²) in [4.78, 5) is 17.0. The average molecular weight is 401 g/mol. The highest BCUT2D eigenvalue weighted by molar-refractivity contribution is 5.91. The number of nitrogens with zero attached hydrogens (tertiary/aromatic N) is 3. The van der Waals surface area contributed by atoms with Crippen molar-refractivity contribution in [2.24, 2.45) is 0 Å². The van der Waals surface area contributed by atoms with E-state index in [0.717, 1.165) is 19.6 Å². The first-order valence-corrected chi connectivity index (χ1v) is 9.99. The van der Waals surface area contributed by atoms with Gasteiger partial charge in [0, 0.05) is 32.7 Å². The van der Waals surface area contributed by atoms with Gasteiger partial charge in [-0.2, -0.15) is 5.26 Å². The molecule has 0 unspecified atom stereocenters. The van der Waals surface area contributed by atoms with Crippen LogP contribution in [0.1, 0.15) is 27.4 Å². The SMILES string of the molecule is N#Cc1ccccc1OCc1ccc(C(=O)N2CCN(Cc3ccccc3)CC2)o1. The number of carbonyl (C=O) groups is 1. The first-order chi connectivity index (χ1) is 14.7. The number of amides is 1. The number of ether oxygens (including phenoxy) is 1. The molecule has 0 aliphatic carbocycles. The number of benzene rings is 2. The topological polar surface area (TPSA) is 69.7 Å². The summed E-state index contributed by atoms with van der Waals surface area (Å²) in [6.07, 6.45) is 0. The average Bonchev–Trinajstić information content (AvgIpc) is 3.28. The molecule has 4 rings (SSSR count). The van der Waals surface area contributed by atoms with Crippen molar-refractivity contribution in [3.8, 4) is 11.8 Å². The van der Waals surface area contributed by atoms with Crippen molar-refractivity contribution in [1.82, 2.24) is 9.80 Å². The quantitative estimate of drug-likeness (QED) is 0.630. The molecule has 152 valence electrons. The molecule has 6 nitrogen and oxygen atoms in total. The summed E-state index contributed by atoms with van der Waals surface area (Å²) in [5.41, 5.74) is 1.75. The minimum Gasteiger partial charge on any atom is -0.484 e. The van der Waals surface area contributed by atoms with Crippen molar-refractivity contribution >= 4 is 5.91 Å². The van der Waals surface area contributed by atoms with Gasteiger partial charge in [-0.1, -0.05) is 42.5 Å².